The van der Waals surface area contributed by atoms with Gasteiger partial charge < -0.3 is 40.2 Å². The third kappa shape index (κ3) is 8.93. The van der Waals surface area contributed by atoms with Crippen LogP contribution in [0.1, 0.15) is 35.2 Å². The number of piperidine rings is 1. The van der Waals surface area contributed by atoms with E-state index in [-0.39, 0.29) is 56.5 Å². The summed E-state index contributed by atoms with van der Waals surface area (Å²) in [5.74, 6) is -0.960. The van der Waals surface area contributed by atoms with Crippen molar-refractivity contribution in [1.82, 2.24) is 15.5 Å². The first-order valence-electron chi connectivity index (χ1n) is 16.4. The van der Waals surface area contributed by atoms with Gasteiger partial charge in [-0.25, -0.2) is 4.39 Å². The summed E-state index contributed by atoms with van der Waals surface area (Å²) in [5.41, 5.74) is 2.48. The number of halogens is 1. The van der Waals surface area contributed by atoms with Crippen LogP contribution in [0.5, 0.6) is 23.0 Å². The topological polar surface area (TPSA) is 156 Å². The van der Waals surface area contributed by atoms with Crippen LogP contribution in [0, 0.1) is 5.82 Å². The number of anilines is 1. The molecule has 6 bridgehead atoms. The maximum Gasteiger partial charge on any atom is 0.258 e. The molecule has 264 valence electrons. The van der Waals surface area contributed by atoms with Crippen molar-refractivity contribution in [2.45, 2.75) is 38.0 Å². The number of amides is 4. The van der Waals surface area contributed by atoms with E-state index in [1.165, 1.54) is 31.4 Å². The number of carbonyl (C=O) groups excluding carboxylic acids is 4. The van der Waals surface area contributed by atoms with Crippen molar-refractivity contribution in [2.75, 3.05) is 32.1 Å². The third-order valence-corrected chi connectivity index (χ3v) is 8.60. The first-order valence-corrected chi connectivity index (χ1v) is 16.4. The Labute approximate surface area is 293 Å². The summed E-state index contributed by atoms with van der Waals surface area (Å²) in [7, 11) is 1.52. The molecule has 0 saturated carbocycles. The third-order valence-electron chi connectivity index (χ3n) is 8.60. The van der Waals surface area contributed by atoms with Crippen molar-refractivity contribution in [3.8, 4) is 34.1 Å². The number of fused-ring (bicyclic) bond motifs is 8. The number of rotatable bonds is 5. The molecule has 1 fully saturated rings. The molecule has 6 rings (SSSR count). The fraction of sp³-hybridized carbons (Fsp3) is 0.263. The Bertz CT molecular complexity index is 1950. The number of ether oxygens (including phenoxy) is 3. The van der Waals surface area contributed by atoms with Crippen molar-refractivity contribution in [3.05, 3.63) is 102 Å². The minimum Gasteiger partial charge on any atom is -0.508 e. The molecule has 51 heavy (non-hydrogen) atoms. The number of carbonyl (C=O) groups is 4. The zero-order chi connectivity index (χ0) is 35.9. The number of phenolic OH excluding ortho intramolecular Hbond substituents is 1. The largest absolute Gasteiger partial charge is 0.508 e. The van der Waals surface area contributed by atoms with Gasteiger partial charge >= 0.3 is 0 Å². The van der Waals surface area contributed by atoms with Crippen molar-refractivity contribution in [3.63, 3.8) is 0 Å². The van der Waals surface area contributed by atoms with Crippen LogP contribution in [-0.4, -0.2) is 72.6 Å². The summed E-state index contributed by atoms with van der Waals surface area (Å²) in [6.07, 6.45) is -0.528. The molecule has 1 saturated heterocycles. The number of hydrogen-bond donors (Lipinski definition) is 4. The second-order valence-corrected chi connectivity index (χ2v) is 12.3. The molecular formula is C38H37FN4O8. The van der Waals surface area contributed by atoms with Crippen LogP contribution in [0.4, 0.5) is 10.1 Å². The number of nitrogens with zero attached hydrogens (tertiary/aromatic N) is 1. The fourth-order valence-corrected chi connectivity index (χ4v) is 6.07. The lowest BCUT2D eigenvalue weighted by molar-refractivity contribution is -0.135. The van der Waals surface area contributed by atoms with E-state index >= 15 is 0 Å². The standard InChI is InChI=1S/C38H37FN4O8/c1-49-33-9-8-25-17-31(33)24-4-2-7-29(16-24)50-22-36(46)40-20-23-14-26(39)18-30(15-23)51-34-12-13-43(21-32(34)42-38(25)48)37(47)11-10-35(45)41-27-5-3-6-28(44)19-27/h2-9,14-19,32,34,44H,10-13,20-22H2,1H3,(H,40,46)(H,41,45)(H,42,48)/t32-,34-/m1/s1. The molecule has 4 aromatic carbocycles. The van der Waals surface area contributed by atoms with Gasteiger partial charge in [0.05, 0.1) is 13.2 Å². The highest BCUT2D eigenvalue weighted by Crippen LogP contribution is 2.33. The molecule has 13 heteroatoms. The molecule has 0 unspecified atom stereocenters. The minimum absolute atomic E-state index is 0.00238. The second kappa shape index (κ2) is 15.6. The SMILES string of the molecule is COc1ccc2cc1-c1cccc(c1)OCC(=O)NCc1cc(F)cc(c1)O[C@@H]1CCN(C(=O)CCC(=O)Nc3cccc(O)c3)C[C@H]1NC2=O. The van der Waals surface area contributed by atoms with Gasteiger partial charge in [-0.3, -0.25) is 19.2 Å². The van der Waals surface area contributed by atoms with Gasteiger partial charge in [0.2, 0.25) is 11.8 Å². The summed E-state index contributed by atoms with van der Waals surface area (Å²) in [4.78, 5) is 53.9. The lowest BCUT2D eigenvalue weighted by Gasteiger charge is -2.39. The van der Waals surface area contributed by atoms with Gasteiger partial charge in [0, 0.05) is 67.8 Å². The van der Waals surface area contributed by atoms with Crippen molar-refractivity contribution >= 4 is 29.3 Å². The Hall–Kier alpha value is -6.11. The number of phenols is 1. The van der Waals surface area contributed by atoms with Gasteiger partial charge in [0.15, 0.2) is 6.61 Å². The van der Waals surface area contributed by atoms with Crippen molar-refractivity contribution < 1.29 is 42.9 Å². The zero-order valence-corrected chi connectivity index (χ0v) is 27.8. The summed E-state index contributed by atoms with van der Waals surface area (Å²) < 4.78 is 32.3. The lowest BCUT2D eigenvalue weighted by atomic mass is 9.99. The highest BCUT2D eigenvalue weighted by atomic mass is 19.1. The first kappa shape index (κ1) is 34.7. The van der Waals surface area contributed by atoms with E-state index in [0.717, 1.165) is 0 Å². The van der Waals surface area contributed by atoms with Crippen LogP contribution in [0.15, 0.2) is 84.9 Å². The quantitative estimate of drug-likeness (QED) is 0.239. The molecule has 12 nitrogen and oxygen atoms in total. The van der Waals surface area contributed by atoms with Crippen molar-refractivity contribution in [2.24, 2.45) is 0 Å². The summed E-state index contributed by atoms with van der Waals surface area (Å²) in [5, 5.41) is 18.1. The van der Waals surface area contributed by atoms with Gasteiger partial charge in [0.25, 0.3) is 11.8 Å². The molecule has 4 amide bonds. The van der Waals surface area contributed by atoms with Crippen LogP contribution in [0.3, 0.4) is 0 Å². The predicted molar refractivity (Wildman–Crippen MR) is 185 cm³/mol. The molecule has 4 aromatic rings. The first-order chi connectivity index (χ1) is 24.6. The molecule has 2 atom stereocenters. The Morgan fingerprint density at radius 3 is 2.65 bits per heavy atom. The lowest BCUT2D eigenvalue weighted by Crippen LogP contribution is -2.58. The molecule has 0 aliphatic carbocycles. The van der Waals surface area contributed by atoms with Crippen LogP contribution < -0.4 is 30.2 Å². The maximum absolute atomic E-state index is 14.8. The molecule has 0 radical (unpaired) electrons. The number of likely N-dealkylation sites (tertiary alicyclic amines) is 1. The number of nitrogens with one attached hydrogen (secondary N) is 3. The van der Waals surface area contributed by atoms with E-state index in [1.807, 2.05) is 6.07 Å². The fourth-order valence-electron chi connectivity index (χ4n) is 6.07. The highest BCUT2D eigenvalue weighted by Gasteiger charge is 2.34. The normalized spacial score (nSPS) is 17.5. The van der Waals surface area contributed by atoms with Gasteiger partial charge in [-0.2, -0.15) is 0 Å². The van der Waals surface area contributed by atoms with Crippen LogP contribution in [0.2, 0.25) is 0 Å². The van der Waals surface area contributed by atoms with E-state index in [0.29, 0.717) is 45.9 Å². The van der Waals surface area contributed by atoms with Crippen LogP contribution >= 0.6 is 0 Å². The number of benzene rings is 4. The minimum atomic E-state index is -0.716. The molecule has 2 heterocycles. The molecule has 2 aliphatic rings. The van der Waals surface area contributed by atoms with Crippen LogP contribution in [-0.2, 0) is 20.9 Å². The summed E-state index contributed by atoms with van der Waals surface area (Å²) in [6.45, 7) is 0.0871. The molecule has 0 aromatic heterocycles. The predicted octanol–water partition coefficient (Wildman–Crippen LogP) is 4.41. The summed E-state index contributed by atoms with van der Waals surface area (Å²) >= 11 is 0. The van der Waals surface area contributed by atoms with Gasteiger partial charge in [0.1, 0.15) is 34.9 Å². The van der Waals surface area contributed by atoms with E-state index in [4.69, 9.17) is 14.2 Å². The smallest absolute Gasteiger partial charge is 0.258 e. The number of aromatic hydroxyl groups is 1. The van der Waals surface area contributed by atoms with Crippen molar-refractivity contribution in [1.29, 1.82) is 0 Å². The van der Waals surface area contributed by atoms with Gasteiger partial charge in [-0.15, -0.1) is 0 Å². The molecule has 0 spiro atoms. The molecule has 4 N–H and O–H groups in total. The average molecular weight is 697 g/mol. The zero-order valence-electron chi connectivity index (χ0n) is 27.8. The Morgan fingerprint density at radius 1 is 0.980 bits per heavy atom. The Balaban J connectivity index is 1.25. The van der Waals surface area contributed by atoms with E-state index < -0.39 is 35.7 Å². The second-order valence-electron chi connectivity index (χ2n) is 12.3. The number of methoxy groups -OCH3 is 1. The molecule has 2 aliphatic heterocycles. The average Bonchev–Trinajstić information content (AvgIpc) is 3.12. The van der Waals surface area contributed by atoms with E-state index in [9.17, 15) is 28.7 Å². The van der Waals surface area contributed by atoms with Gasteiger partial charge in [-0.05, 0) is 65.7 Å². The monoisotopic (exact) mass is 696 g/mol. The van der Waals surface area contributed by atoms with Gasteiger partial charge in [-0.1, -0.05) is 18.2 Å². The number of hydrogen-bond acceptors (Lipinski definition) is 8. The van der Waals surface area contributed by atoms with Crippen LogP contribution in [0.25, 0.3) is 11.1 Å². The van der Waals surface area contributed by atoms with E-state index in [2.05, 4.69) is 16.0 Å². The summed E-state index contributed by atoms with van der Waals surface area (Å²) in [6, 6.07) is 21.5. The maximum atomic E-state index is 14.8. The Morgan fingerprint density at radius 2 is 1.82 bits per heavy atom. The highest BCUT2D eigenvalue weighted by molar-refractivity contribution is 5.97. The van der Waals surface area contributed by atoms with E-state index in [1.54, 1.807) is 59.5 Å². The Kier molecular flexibility index (Phi) is 10.6. The molecular weight excluding hydrogens is 659 g/mol.